The highest BCUT2D eigenvalue weighted by Crippen LogP contribution is 2.80. The van der Waals surface area contributed by atoms with Gasteiger partial charge in [0.2, 0.25) is 0 Å². The van der Waals surface area contributed by atoms with Crippen molar-refractivity contribution >= 4 is 0 Å². The van der Waals surface area contributed by atoms with E-state index in [2.05, 4.69) is 40.7 Å². The molecule has 10 rings (SSSR count). The maximum absolute atomic E-state index is 11.5. The van der Waals surface area contributed by atoms with Gasteiger partial charge in [-0.3, -0.25) is 0 Å². The second kappa shape index (κ2) is 19.4. The summed E-state index contributed by atoms with van der Waals surface area (Å²) in [7, 11) is 0. The van der Waals surface area contributed by atoms with E-state index in [4.69, 9.17) is 47.4 Å². The lowest BCUT2D eigenvalue weighted by molar-refractivity contribution is -0.380. The molecule has 0 aromatic carbocycles. The SMILES string of the molecule is CC(C)=CC1CC(C)(O[C@@H]2OC[C@H](O)[C@H](O)C2O)C2C3CCC4[C@@]5(C)CC[C@H](O[C@@H]6OC[C@H](O)[C@H](O[C@@H]7OC(CO)[C@H](O)[C@H](O)C7O)C6O[C@@H]6O[C@H](CO)[C@H](O)C6O)C(C)(C)C5CC[C@@]4(C)[C@@]34CO[C@@]2(C4)O1. The number of hydrogen-bond donors (Lipinski definition) is 11. The van der Waals surface area contributed by atoms with Crippen molar-refractivity contribution in [3.63, 3.8) is 0 Å². The van der Waals surface area contributed by atoms with Crippen LogP contribution in [0.3, 0.4) is 0 Å². The highest BCUT2D eigenvalue weighted by Gasteiger charge is 2.81. The van der Waals surface area contributed by atoms with Crippen LogP contribution < -0.4 is 0 Å². The third-order valence-corrected chi connectivity index (χ3v) is 20.2. The first kappa shape index (κ1) is 54.3. The fourth-order valence-electron chi connectivity index (χ4n) is 16.9. The first-order valence-electron chi connectivity index (χ1n) is 26.4. The lowest BCUT2D eigenvalue weighted by Crippen LogP contribution is -2.68. The van der Waals surface area contributed by atoms with Crippen molar-refractivity contribution in [3.05, 3.63) is 11.6 Å². The van der Waals surface area contributed by atoms with E-state index in [9.17, 15) is 56.2 Å². The van der Waals surface area contributed by atoms with Gasteiger partial charge in [0.1, 0.15) is 79.4 Å². The van der Waals surface area contributed by atoms with Gasteiger partial charge in [-0.05, 0) is 93.3 Å². The summed E-state index contributed by atoms with van der Waals surface area (Å²) < 4.78 is 64.1. The van der Waals surface area contributed by atoms with Crippen molar-refractivity contribution in [2.75, 3.05) is 33.0 Å². The molecular formula is C51H82O21. The van der Waals surface area contributed by atoms with Crippen molar-refractivity contribution < 1.29 is 104 Å². The zero-order chi connectivity index (χ0) is 51.8. The van der Waals surface area contributed by atoms with Crippen molar-refractivity contribution in [2.24, 2.45) is 45.3 Å². The summed E-state index contributed by atoms with van der Waals surface area (Å²) in [5.41, 5.74) is -0.901. The number of fused-ring (bicyclic) bond motifs is 4. The Bertz CT molecular complexity index is 1970. The largest absolute Gasteiger partial charge is 0.394 e. The summed E-state index contributed by atoms with van der Waals surface area (Å²) in [6.45, 7) is 14.2. The minimum absolute atomic E-state index is 0.152. The lowest BCUT2D eigenvalue weighted by Gasteiger charge is -2.70. The molecular weight excluding hydrogens is 949 g/mol. The Morgan fingerprint density at radius 3 is 1.90 bits per heavy atom. The van der Waals surface area contributed by atoms with E-state index < -0.39 is 141 Å². The predicted molar refractivity (Wildman–Crippen MR) is 245 cm³/mol. The Morgan fingerprint density at radius 1 is 0.625 bits per heavy atom. The first-order chi connectivity index (χ1) is 33.9. The molecule has 412 valence electrons. The molecule has 2 bridgehead atoms. The van der Waals surface area contributed by atoms with E-state index in [0.717, 1.165) is 37.7 Å². The summed E-state index contributed by atoms with van der Waals surface area (Å²) in [5.74, 6) is -0.585. The molecule has 10 fully saturated rings. The van der Waals surface area contributed by atoms with Gasteiger partial charge in [0.15, 0.2) is 30.9 Å². The monoisotopic (exact) mass is 1030 g/mol. The van der Waals surface area contributed by atoms with Crippen LogP contribution in [0.15, 0.2) is 11.6 Å². The van der Waals surface area contributed by atoms with Crippen molar-refractivity contribution in [1.82, 2.24) is 0 Å². The molecule has 72 heavy (non-hydrogen) atoms. The van der Waals surface area contributed by atoms with Gasteiger partial charge in [0, 0.05) is 24.2 Å². The average Bonchev–Trinajstić information content (AvgIpc) is 3.94. The number of hydrogen-bond acceptors (Lipinski definition) is 21. The molecule has 0 amide bonds. The second-order valence-corrected chi connectivity index (χ2v) is 24.8. The topological polar surface area (TPSA) is 315 Å². The molecule has 0 aromatic rings. The molecule has 21 nitrogen and oxygen atoms in total. The Labute approximate surface area is 420 Å². The molecule has 4 aliphatic carbocycles. The van der Waals surface area contributed by atoms with Crippen LogP contribution in [0.2, 0.25) is 0 Å². The standard InChI is InChI=1S/C51H82O21/c1-22(2)14-23-15-49(7,72-42-36(60)32(56)25(54)18-63-42)41-24-8-9-30-47(5)12-11-31(46(3,4)29(47)10-13-48(30,6)50(24)20-51(41,71-23)65-21-50)68-45-40(70-43-37(61)34(58)28(17-53)67-43)39(26(55)19-64-45)69-44-38(62)35(59)33(57)27(16-52)66-44/h14,23-45,52-62H,8-13,15-21H2,1-7H3/t23?,24?,25-,26-,27?,28+,29?,30?,31-,32-,33-,34-,35-,36?,37?,38?,39-,40?,41?,42-,43-,44-,45-,47-,48+,49?,50-,51-/m0/s1. The number of aliphatic hydroxyl groups excluding tert-OH is 11. The Balaban J connectivity index is 0.910. The Kier molecular flexibility index (Phi) is 14.6. The summed E-state index contributed by atoms with van der Waals surface area (Å²) >= 11 is 0. The van der Waals surface area contributed by atoms with Crippen LogP contribution in [0.5, 0.6) is 0 Å². The van der Waals surface area contributed by atoms with E-state index in [-0.39, 0.29) is 59.2 Å². The van der Waals surface area contributed by atoms with Gasteiger partial charge in [0.05, 0.1) is 50.8 Å². The van der Waals surface area contributed by atoms with Crippen molar-refractivity contribution in [3.8, 4) is 0 Å². The van der Waals surface area contributed by atoms with Crippen molar-refractivity contribution in [2.45, 2.75) is 228 Å². The Morgan fingerprint density at radius 2 is 1.24 bits per heavy atom. The number of aliphatic hydroxyl groups is 11. The molecule has 11 N–H and O–H groups in total. The molecule has 11 unspecified atom stereocenters. The van der Waals surface area contributed by atoms with Crippen LogP contribution in [0.25, 0.3) is 0 Å². The van der Waals surface area contributed by atoms with E-state index in [1.54, 1.807) is 0 Å². The minimum Gasteiger partial charge on any atom is -0.394 e. The van der Waals surface area contributed by atoms with E-state index in [0.29, 0.717) is 25.9 Å². The van der Waals surface area contributed by atoms with Gasteiger partial charge >= 0.3 is 0 Å². The maximum Gasteiger partial charge on any atom is 0.187 e. The fourth-order valence-corrected chi connectivity index (χ4v) is 16.9. The fraction of sp³-hybridized carbons (Fsp3) is 0.961. The molecule has 4 saturated carbocycles. The average molecular weight is 1030 g/mol. The van der Waals surface area contributed by atoms with E-state index in [1.807, 2.05) is 13.8 Å². The van der Waals surface area contributed by atoms with Crippen LogP contribution in [-0.4, -0.2) is 217 Å². The van der Waals surface area contributed by atoms with Gasteiger partial charge in [-0.15, -0.1) is 0 Å². The smallest absolute Gasteiger partial charge is 0.187 e. The third kappa shape index (κ3) is 8.36. The summed E-state index contributed by atoms with van der Waals surface area (Å²) in [6.07, 6.45) is -17.5. The molecule has 6 aliphatic heterocycles. The van der Waals surface area contributed by atoms with Gasteiger partial charge in [-0.25, -0.2) is 0 Å². The predicted octanol–water partition coefficient (Wildman–Crippen LogP) is -0.931. The number of allylic oxidation sites excluding steroid dienone is 1. The van der Waals surface area contributed by atoms with Gasteiger partial charge in [-0.2, -0.15) is 0 Å². The maximum atomic E-state index is 11.5. The zero-order valence-electron chi connectivity index (χ0n) is 42.6. The highest BCUT2D eigenvalue weighted by molar-refractivity contribution is 5.27. The lowest BCUT2D eigenvalue weighted by atomic mass is 9.35. The summed E-state index contributed by atoms with van der Waals surface area (Å²) in [6, 6.07) is 0. The van der Waals surface area contributed by atoms with Crippen LogP contribution in [-0.2, 0) is 47.4 Å². The van der Waals surface area contributed by atoms with Gasteiger partial charge < -0.3 is 104 Å². The third-order valence-electron chi connectivity index (χ3n) is 20.2. The van der Waals surface area contributed by atoms with Crippen LogP contribution in [0, 0.1) is 45.3 Å². The molecule has 21 heteroatoms. The van der Waals surface area contributed by atoms with Gasteiger partial charge in [0.25, 0.3) is 0 Å². The molecule has 6 saturated heterocycles. The highest BCUT2D eigenvalue weighted by atomic mass is 16.8. The minimum atomic E-state index is -1.82. The molecule has 10 aliphatic rings. The van der Waals surface area contributed by atoms with Gasteiger partial charge in [-0.1, -0.05) is 39.3 Å². The quantitative estimate of drug-likeness (QED) is 0.0880. The van der Waals surface area contributed by atoms with E-state index in [1.165, 1.54) is 0 Å². The first-order valence-corrected chi connectivity index (χ1v) is 26.4. The molecule has 28 atom stereocenters. The normalized spacial score (nSPS) is 56.9. The number of ether oxygens (including phenoxy) is 10. The zero-order valence-corrected chi connectivity index (χ0v) is 42.6. The molecule has 0 radical (unpaired) electrons. The Hall–Kier alpha value is -1.10. The second-order valence-electron chi connectivity index (χ2n) is 24.8. The van der Waals surface area contributed by atoms with E-state index >= 15 is 0 Å². The molecule has 6 heterocycles. The van der Waals surface area contributed by atoms with Crippen LogP contribution in [0.1, 0.15) is 99.8 Å². The summed E-state index contributed by atoms with van der Waals surface area (Å²) in [4.78, 5) is 0. The number of rotatable bonds is 11. The van der Waals surface area contributed by atoms with Crippen LogP contribution >= 0.6 is 0 Å². The van der Waals surface area contributed by atoms with Crippen molar-refractivity contribution in [1.29, 1.82) is 0 Å². The molecule has 0 aromatic heterocycles. The molecule has 2 spiro atoms. The summed E-state index contributed by atoms with van der Waals surface area (Å²) in [5, 5.41) is 117. The van der Waals surface area contributed by atoms with Crippen LogP contribution in [0.4, 0.5) is 0 Å².